The molecule has 1 N–H and O–H groups in total. The molecule has 2 saturated heterocycles. The highest BCUT2D eigenvalue weighted by molar-refractivity contribution is 7.89. The summed E-state index contributed by atoms with van der Waals surface area (Å²) in [5.41, 5.74) is 1.72. The summed E-state index contributed by atoms with van der Waals surface area (Å²) in [4.78, 5) is 2.19. The molecule has 2 aromatic carbocycles. The number of aliphatic hydroxyl groups is 1. The molecule has 4 rings (SSSR count). The Morgan fingerprint density at radius 2 is 1.75 bits per heavy atom. The molecule has 2 fully saturated rings. The summed E-state index contributed by atoms with van der Waals surface area (Å²) in [6.07, 6.45) is 0. The lowest BCUT2D eigenvalue weighted by atomic mass is 9.61. The van der Waals surface area contributed by atoms with Gasteiger partial charge in [0.05, 0.1) is 17.9 Å². The summed E-state index contributed by atoms with van der Waals surface area (Å²) in [7, 11) is -3.25. The first-order valence-corrected chi connectivity index (χ1v) is 11.2. The zero-order chi connectivity index (χ0) is 19.9. The van der Waals surface area contributed by atoms with Gasteiger partial charge in [-0.3, -0.25) is 4.90 Å². The van der Waals surface area contributed by atoms with Crippen LogP contribution in [0.2, 0.25) is 0 Å². The van der Waals surface area contributed by atoms with E-state index in [-0.39, 0.29) is 35.7 Å². The van der Waals surface area contributed by atoms with Gasteiger partial charge >= 0.3 is 0 Å². The van der Waals surface area contributed by atoms with Crippen LogP contribution in [0.3, 0.4) is 0 Å². The molecule has 0 aromatic heterocycles. The van der Waals surface area contributed by atoms with Crippen LogP contribution < -0.4 is 0 Å². The van der Waals surface area contributed by atoms with Crippen molar-refractivity contribution in [2.24, 2.45) is 0 Å². The lowest BCUT2D eigenvalue weighted by molar-refractivity contribution is -0.175. The zero-order valence-electron chi connectivity index (χ0n) is 15.8. The van der Waals surface area contributed by atoms with Crippen molar-refractivity contribution >= 4 is 10.0 Å². The Bertz CT molecular complexity index is 928. The second-order valence-corrected chi connectivity index (χ2v) is 9.92. The molecule has 2 aliphatic rings. The fourth-order valence-electron chi connectivity index (χ4n) is 4.74. The van der Waals surface area contributed by atoms with Crippen molar-refractivity contribution in [3.63, 3.8) is 0 Å². The molecule has 5 nitrogen and oxygen atoms in total. The Morgan fingerprint density at radius 1 is 1.11 bits per heavy atom. The molecule has 0 unspecified atom stereocenters. The van der Waals surface area contributed by atoms with Gasteiger partial charge in [-0.2, -0.15) is 4.31 Å². The van der Waals surface area contributed by atoms with E-state index < -0.39 is 10.0 Å². The van der Waals surface area contributed by atoms with Crippen LogP contribution in [-0.4, -0.2) is 59.8 Å². The summed E-state index contributed by atoms with van der Waals surface area (Å²) >= 11 is 0. The maximum Gasteiger partial charge on any atom is 0.213 e. The van der Waals surface area contributed by atoms with Gasteiger partial charge in [-0.1, -0.05) is 42.5 Å². The second-order valence-electron chi connectivity index (χ2n) is 7.66. The molecule has 1 spiro atoms. The molecule has 0 saturated carbocycles. The van der Waals surface area contributed by atoms with Crippen LogP contribution in [0, 0.1) is 5.82 Å². The topological polar surface area (TPSA) is 60.9 Å². The molecule has 0 aliphatic carbocycles. The molecule has 0 radical (unpaired) electrons. The van der Waals surface area contributed by atoms with Crippen molar-refractivity contribution in [2.75, 3.05) is 25.4 Å². The van der Waals surface area contributed by atoms with E-state index in [1.165, 1.54) is 16.4 Å². The summed E-state index contributed by atoms with van der Waals surface area (Å²) in [6, 6.07) is 16.2. The molecule has 28 heavy (non-hydrogen) atoms. The van der Waals surface area contributed by atoms with Crippen molar-refractivity contribution in [1.82, 2.24) is 9.21 Å². The van der Waals surface area contributed by atoms with Crippen LogP contribution in [0.5, 0.6) is 0 Å². The number of aliphatic hydroxyl groups excluding tert-OH is 1. The van der Waals surface area contributed by atoms with Crippen LogP contribution in [0.1, 0.15) is 24.0 Å². The smallest absolute Gasteiger partial charge is 0.213 e. The molecule has 2 heterocycles. The molecular weight excluding hydrogens is 379 g/mol. The summed E-state index contributed by atoms with van der Waals surface area (Å²) in [6.45, 7) is 3.03. The fourth-order valence-corrected chi connectivity index (χ4v) is 5.95. The zero-order valence-corrected chi connectivity index (χ0v) is 16.6. The second kappa shape index (κ2) is 7.22. The number of halogens is 1. The molecule has 0 bridgehead atoms. The van der Waals surface area contributed by atoms with E-state index in [0.717, 1.165) is 11.1 Å². The van der Waals surface area contributed by atoms with Gasteiger partial charge < -0.3 is 5.11 Å². The van der Waals surface area contributed by atoms with Crippen LogP contribution in [-0.2, 0) is 16.6 Å². The van der Waals surface area contributed by atoms with Gasteiger partial charge in [0, 0.05) is 31.6 Å². The Labute approximate surface area is 165 Å². The van der Waals surface area contributed by atoms with Gasteiger partial charge in [0.25, 0.3) is 0 Å². The third kappa shape index (κ3) is 3.06. The van der Waals surface area contributed by atoms with Crippen molar-refractivity contribution in [3.8, 4) is 0 Å². The average Bonchev–Trinajstić information content (AvgIpc) is 2.66. The van der Waals surface area contributed by atoms with E-state index in [2.05, 4.69) is 4.90 Å². The number of hydrogen-bond donors (Lipinski definition) is 1. The highest BCUT2D eigenvalue weighted by Crippen LogP contribution is 2.54. The predicted molar refractivity (Wildman–Crippen MR) is 106 cm³/mol. The number of hydrogen-bond acceptors (Lipinski definition) is 4. The van der Waals surface area contributed by atoms with E-state index in [0.29, 0.717) is 19.6 Å². The third-order valence-corrected chi connectivity index (χ3v) is 7.98. The standard InChI is InChI=1S/C21H25FN2O3S/c1-2-28(26,27)23-14-21(15-23)20(17-6-4-3-5-7-17)19(13-25)24(21)12-16-8-10-18(22)11-9-16/h3-11,19-20,25H,2,12-15H2,1H3/t19-,20+/m1/s1. The number of sulfonamides is 1. The first-order chi connectivity index (χ1) is 13.4. The third-order valence-electron chi connectivity index (χ3n) is 6.21. The Hall–Kier alpha value is -1.80. The number of nitrogens with zero attached hydrogens (tertiary/aromatic N) is 2. The van der Waals surface area contributed by atoms with Crippen molar-refractivity contribution in [1.29, 1.82) is 0 Å². The Morgan fingerprint density at radius 3 is 2.32 bits per heavy atom. The fraction of sp³-hybridized carbons (Fsp3) is 0.429. The van der Waals surface area contributed by atoms with Gasteiger partial charge in [0.15, 0.2) is 0 Å². The monoisotopic (exact) mass is 404 g/mol. The normalized spacial score (nSPS) is 24.7. The lowest BCUT2D eigenvalue weighted by Crippen LogP contribution is -2.84. The maximum atomic E-state index is 13.3. The van der Waals surface area contributed by atoms with Crippen molar-refractivity contribution in [3.05, 3.63) is 71.5 Å². The van der Waals surface area contributed by atoms with E-state index in [1.807, 2.05) is 30.3 Å². The summed E-state index contributed by atoms with van der Waals surface area (Å²) < 4.78 is 39.5. The molecule has 0 amide bonds. The molecule has 2 aliphatic heterocycles. The van der Waals surface area contributed by atoms with Gasteiger partial charge in [-0.05, 0) is 30.2 Å². The lowest BCUT2D eigenvalue weighted by Gasteiger charge is -2.70. The van der Waals surface area contributed by atoms with Gasteiger partial charge in [-0.15, -0.1) is 0 Å². The van der Waals surface area contributed by atoms with E-state index in [1.54, 1.807) is 19.1 Å². The first kappa shape index (κ1) is 19.5. The van der Waals surface area contributed by atoms with Gasteiger partial charge in [0.1, 0.15) is 5.82 Å². The number of likely N-dealkylation sites (tertiary alicyclic amines) is 1. The quantitative estimate of drug-likeness (QED) is 0.802. The summed E-state index contributed by atoms with van der Waals surface area (Å²) in [5, 5.41) is 10.1. The maximum absolute atomic E-state index is 13.3. The predicted octanol–water partition coefficient (Wildman–Crippen LogP) is 2.19. The molecule has 7 heteroatoms. The van der Waals surface area contributed by atoms with E-state index >= 15 is 0 Å². The highest BCUT2D eigenvalue weighted by atomic mass is 32.2. The van der Waals surface area contributed by atoms with Crippen LogP contribution in [0.4, 0.5) is 4.39 Å². The van der Waals surface area contributed by atoms with Crippen LogP contribution >= 0.6 is 0 Å². The number of benzene rings is 2. The Balaban J connectivity index is 1.65. The van der Waals surface area contributed by atoms with Crippen LogP contribution in [0.25, 0.3) is 0 Å². The van der Waals surface area contributed by atoms with Gasteiger partial charge in [0.2, 0.25) is 10.0 Å². The molecular formula is C21H25FN2O3S. The number of rotatable bonds is 6. The SMILES string of the molecule is CCS(=O)(=O)N1CC2(C1)[C@@H](c1ccccc1)[C@@H](CO)N2Cc1ccc(F)cc1. The molecule has 2 atom stereocenters. The van der Waals surface area contributed by atoms with E-state index in [9.17, 15) is 17.9 Å². The van der Waals surface area contributed by atoms with Crippen molar-refractivity contribution in [2.45, 2.75) is 31.0 Å². The first-order valence-electron chi connectivity index (χ1n) is 9.56. The molecule has 150 valence electrons. The molecule has 2 aromatic rings. The minimum Gasteiger partial charge on any atom is -0.395 e. The summed E-state index contributed by atoms with van der Waals surface area (Å²) in [5.74, 6) is -0.144. The van der Waals surface area contributed by atoms with Gasteiger partial charge in [-0.25, -0.2) is 12.8 Å². The average molecular weight is 405 g/mol. The van der Waals surface area contributed by atoms with E-state index in [4.69, 9.17) is 0 Å². The highest BCUT2D eigenvalue weighted by Gasteiger charge is 2.66. The minimum absolute atomic E-state index is 0.0109. The minimum atomic E-state index is -3.25. The largest absolute Gasteiger partial charge is 0.395 e. The van der Waals surface area contributed by atoms with Crippen LogP contribution in [0.15, 0.2) is 54.6 Å². The van der Waals surface area contributed by atoms with Crippen molar-refractivity contribution < 1.29 is 17.9 Å². The Kier molecular flexibility index (Phi) is 5.03.